The highest BCUT2D eigenvalue weighted by molar-refractivity contribution is 5.93. The number of carbonyl (C=O) groups is 3. The van der Waals surface area contributed by atoms with Gasteiger partial charge in [0.2, 0.25) is 0 Å². The van der Waals surface area contributed by atoms with Gasteiger partial charge in [-0.05, 0) is 56.4 Å². The van der Waals surface area contributed by atoms with Gasteiger partial charge in [-0.15, -0.1) is 0 Å². The van der Waals surface area contributed by atoms with Gasteiger partial charge < -0.3 is 14.4 Å². The molecule has 1 aromatic carbocycles. The molecule has 1 aromatic heterocycles. The molecule has 3 rings (SSSR count). The lowest BCUT2D eigenvalue weighted by molar-refractivity contribution is 0.0132. The Balaban J connectivity index is 1.55. The van der Waals surface area contributed by atoms with E-state index in [9.17, 15) is 14.4 Å². The van der Waals surface area contributed by atoms with E-state index in [1.165, 1.54) is 0 Å². The second-order valence-electron chi connectivity index (χ2n) is 9.47. The fourth-order valence-corrected chi connectivity index (χ4v) is 3.54. The van der Waals surface area contributed by atoms with Crippen molar-refractivity contribution in [1.29, 1.82) is 0 Å². The molecule has 0 fully saturated rings. The Labute approximate surface area is 212 Å². The zero-order chi connectivity index (χ0) is 26.1. The summed E-state index contributed by atoms with van der Waals surface area (Å²) in [5.41, 5.74) is 4.96. The van der Waals surface area contributed by atoms with E-state index in [4.69, 9.17) is 9.47 Å². The number of hydrogen-bond acceptors (Lipinski definition) is 6. The standard InChI is InChI=1S/C27H34N4O5/c1-5-15-31(26(34)36-27(2,3)4)29-24(32)23-12-11-22(18-28-23)21-13-16-30(17-14-21)25(33)35-19-20-9-7-6-8-10-20/h6-13,18H,5,14-17,19H2,1-4H3,(H,29,32). The average molecular weight is 495 g/mol. The second-order valence-corrected chi connectivity index (χ2v) is 9.47. The summed E-state index contributed by atoms with van der Waals surface area (Å²) in [5, 5.41) is 1.16. The molecule has 0 radical (unpaired) electrons. The first-order chi connectivity index (χ1) is 17.2. The van der Waals surface area contributed by atoms with Crippen LogP contribution in [0.3, 0.4) is 0 Å². The largest absolute Gasteiger partial charge is 0.445 e. The number of hydrogen-bond donors (Lipinski definition) is 1. The number of amides is 3. The number of nitrogens with zero attached hydrogens (tertiary/aromatic N) is 3. The SMILES string of the molecule is CCCN(NC(=O)c1ccc(C2=CCN(C(=O)OCc3ccccc3)CC2)cn1)C(=O)OC(C)(C)C. The third-order valence-corrected chi connectivity index (χ3v) is 5.34. The van der Waals surface area contributed by atoms with Gasteiger partial charge >= 0.3 is 12.2 Å². The number of nitrogens with one attached hydrogen (secondary N) is 1. The van der Waals surface area contributed by atoms with Crippen molar-refractivity contribution >= 4 is 23.7 Å². The van der Waals surface area contributed by atoms with Crippen molar-refractivity contribution in [3.8, 4) is 0 Å². The first-order valence-corrected chi connectivity index (χ1v) is 12.1. The average Bonchev–Trinajstić information content (AvgIpc) is 2.87. The molecule has 2 aromatic rings. The van der Waals surface area contributed by atoms with Crippen LogP contribution < -0.4 is 5.43 Å². The first-order valence-electron chi connectivity index (χ1n) is 12.1. The van der Waals surface area contributed by atoms with Crippen molar-refractivity contribution in [2.24, 2.45) is 0 Å². The summed E-state index contributed by atoms with van der Waals surface area (Å²) in [5.74, 6) is -0.495. The Kier molecular flexibility index (Phi) is 9.05. The van der Waals surface area contributed by atoms with Crippen LogP contribution in [0.15, 0.2) is 54.7 Å². The molecule has 0 bridgehead atoms. The maximum absolute atomic E-state index is 12.7. The zero-order valence-electron chi connectivity index (χ0n) is 21.3. The van der Waals surface area contributed by atoms with Gasteiger partial charge in [0.05, 0.1) is 0 Å². The molecule has 1 N–H and O–H groups in total. The lowest BCUT2D eigenvalue weighted by atomic mass is 10.0. The molecule has 1 aliphatic rings. The summed E-state index contributed by atoms with van der Waals surface area (Å²) in [4.78, 5) is 43.4. The summed E-state index contributed by atoms with van der Waals surface area (Å²) in [7, 11) is 0. The van der Waals surface area contributed by atoms with E-state index in [1.54, 1.807) is 37.9 Å². The summed E-state index contributed by atoms with van der Waals surface area (Å²) in [6.07, 6.45) is 3.93. The lowest BCUT2D eigenvalue weighted by Crippen LogP contribution is -2.48. The van der Waals surface area contributed by atoms with Gasteiger partial charge in [-0.1, -0.05) is 49.4 Å². The minimum absolute atomic E-state index is 0.186. The molecular weight excluding hydrogens is 460 g/mol. The molecule has 2 heterocycles. The highest BCUT2D eigenvalue weighted by atomic mass is 16.6. The van der Waals surface area contributed by atoms with Crippen molar-refractivity contribution in [2.75, 3.05) is 19.6 Å². The molecule has 9 heteroatoms. The van der Waals surface area contributed by atoms with Crippen LogP contribution in [0.4, 0.5) is 9.59 Å². The number of pyridine rings is 1. The fourth-order valence-electron chi connectivity index (χ4n) is 3.54. The minimum Gasteiger partial charge on any atom is -0.445 e. The Morgan fingerprint density at radius 1 is 1.11 bits per heavy atom. The van der Waals surface area contributed by atoms with Crippen molar-refractivity contribution in [3.63, 3.8) is 0 Å². The Hall–Kier alpha value is -3.88. The van der Waals surface area contributed by atoms with E-state index in [0.717, 1.165) is 21.7 Å². The number of benzene rings is 1. The Bertz CT molecular complexity index is 1080. The van der Waals surface area contributed by atoms with E-state index in [-0.39, 0.29) is 18.4 Å². The molecule has 192 valence electrons. The molecule has 0 saturated heterocycles. The van der Waals surface area contributed by atoms with Gasteiger partial charge in [-0.3, -0.25) is 15.2 Å². The fraction of sp³-hybridized carbons (Fsp3) is 0.407. The molecular formula is C27H34N4O5. The molecule has 36 heavy (non-hydrogen) atoms. The number of ether oxygens (including phenoxy) is 2. The molecule has 1 aliphatic heterocycles. The number of aromatic nitrogens is 1. The van der Waals surface area contributed by atoms with Gasteiger partial charge in [-0.25, -0.2) is 14.6 Å². The second kappa shape index (κ2) is 12.2. The van der Waals surface area contributed by atoms with Gasteiger partial charge in [0, 0.05) is 25.8 Å². The van der Waals surface area contributed by atoms with Crippen molar-refractivity contribution < 1.29 is 23.9 Å². The van der Waals surface area contributed by atoms with Crippen molar-refractivity contribution in [1.82, 2.24) is 20.3 Å². The van der Waals surface area contributed by atoms with Crippen LogP contribution in [-0.2, 0) is 16.1 Å². The first kappa shape index (κ1) is 26.7. The quantitative estimate of drug-likeness (QED) is 0.579. The summed E-state index contributed by atoms with van der Waals surface area (Å²) >= 11 is 0. The van der Waals surface area contributed by atoms with Crippen LogP contribution in [0.25, 0.3) is 5.57 Å². The molecule has 0 saturated carbocycles. The minimum atomic E-state index is -0.671. The molecule has 0 unspecified atom stereocenters. The van der Waals surface area contributed by atoms with Crippen LogP contribution >= 0.6 is 0 Å². The van der Waals surface area contributed by atoms with E-state index in [0.29, 0.717) is 32.5 Å². The van der Waals surface area contributed by atoms with Gasteiger partial charge in [0.1, 0.15) is 17.9 Å². The summed E-state index contributed by atoms with van der Waals surface area (Å²) < 4.78 is 10.8. The van der Waals surface area contributed by atoms with E-state index in [2.05, 4.69) is 10.4 Å². The Morgan fingerprint density at radius 3 is 2.44 bits per heavy atom. The topological polar surface area (TPSA) is 101 Å². The van der Waals surface area contributed by atoms with E-state index < -0.39 is 17.6 Å². The lowest BCUT2D eigenvalue weighted by Gasteiger charge is -2.27. The Morgan fingerprint density at radius 2 is 1.86 bits per heavy atom. The van der Waals surface area contributed by atoms with Gasteiger partial charge in [0.15, 0.2) is 0 Å². The van der Waals surface area contributed by atoms with Crippen molar-refractivity contribution in [2.45, 2.75) is 52.7 Å². The van der Waals surface area contributed by atoms with E-state index >= 15 is 0 Å². The number of carbonyl (C=O) groups excluding carboxylic acids is 3. The third kappa shape index (κ3) is 7.83. The third-order valence-electron chi connectivity index (χ3n) is 5.34. The predicted octanol–water partition coefficient (Wildman–Crippen LogP) is 4.80. The normalized spacial score (nSPS) is 13.4. The monoisotopic (exact) mass is 494 g/mol. The maximum Gasteiger partial charge on any atom is 0.429 e. The van der Waals surface area contributed by atoms with E-state index in [1.807, 2.05) is 49.4 Å². The highest BCUT2D eigenvalue weighted by Crippen LogP contribution is 2.22. The smallest absolute Gasteiger partial charge is 0.429 e. The molecule has 0 spiro atoms. The van der Waals surface area contributed by atoms with Crippen molar-refractivity contribution in [3.05, 3.63) is 71.6 Å². The highest BCUT2D eigenvalue weighted by Gasteiger charge is 2.24. The van der Waals surface area contributed by atoms with Crippen LogP contribution in [0.1, 0.15) is 62.2 Å². The molecule has 3 amide bonds. The molecule has 0 atom stereocenters. The number of hydrazine groups is 1. The van der Waals surface area contributed by atoms with Gasteiger partial charge in [0.25, 0.3) is 5.91 Å². The van der Waals surface area contributed by atoms with Crippen LogP contribution in [-0.4, -0.2) is 58.2 Å². The predicted molar refractivity (Wildman–Crippen MR) is 136 cm³/mol. The van der Waals surface area contributed by atoms with Crippen LogP contribution in [0.2, 0.25) is 0 Å². The summed E-state index contributed by atoms with van der Waals surface area (Å²) in [6.45, 7) is 8.73. The van der Waals surface area contributed by atoms with Crippen LogP contribution in [0, 0.1) is 0 Å². The zero-order valence-corrected chi connectivity index (χ0v) is 21.3. The van der Waals surface area contributed by atoms with Gasteiger partial charge in [-0.2, -0.15) is 0 Å². The number of rotatable bonds is 6. The van der Waals surface area contributed by atoms with Crippen LogP contribution in [0.5, 0.6) is 0 Å². The molecule has 0 aliphatic carbocycles. The summed E-state index contributed by atoms with van der Waals surface area (Å²) in [6, 6.07) is 13.0. The maximum atomic E-state index is 12.7. The molecule has 9 nitrogen and oxygen atoms in total.